The number of methoxy groups -OCH3 is 1. The second-order valence-electron chi connectivity index (χ2n) is 3.55. The van der Waals surface area contributed by atoms with Crippen LogP contribution in [0.15, 0.2) is 18.2 Å². The number of hydrogen-bond donors (Lipinski definition) is 1. The SMILES string of the molecule is CCC(Br)C(=O)Nc1ccc(OC)c(C)c1. The summed E-state index contributed by atoms with van der Waals surface area (Å²) in [5.74, 6) is 0.802. The van der Waals surface area contributed by atoms with Crippen molar-refractivity contribution in [3.05, 3.63) is 23.8 Å². The van der Waals surface area contributed by atoms with Gasteiger partial charge in [-0.3, -0.25) is 4.79 Å². The highest BCUT2D eigenvalue weighted by Crippen LogP contribution is 2.21. The van der Waals surface area contributed by atoms with Gasteiger partial charge in [0.1, 0.15) is 5.75 Å². The van der Waals surface area contributed by atoms with E-state index in [0.29, 0.717) is 0 Å². The van der Waals surface area contributed by atoms with Crippen LogP contribution in [-0.2, 0) is 4.79 Å². The van der Waals surface area contributed by atoms with E-state index in [2.05, 4.69) is 21.2 Å². The van der Waals surface area contributed by atoms with Gasteiger partial charge < -0.3 is 10.1 Å². The summed E-state index contributed by atoms with van der Waals surface area (Å²) in [6, 6.07) is 5.57. The van der Waals surface area contributed by atoms with Gasteiger partial charge in [-0.25, -0.2) is 0 Å². The number of aryl methyl sites for hydroxylation is 1. The number of amides is 1. The first-order chi connectivity index (χ1) is 7.58. The Labute approximate surface area is 104 Å². The summed E-state index contributed by atoms with van der Waals surface area (Å²) in [7, 11) is 1.63. The van der Waals surface area contributed by atoms with Crippen LogP contribution in [0.1, 0.15) is 18.9 Å². The lowest BCUT2D eigenvalue weighted by atomic mass is 10.2. The highest BCUT2D eigenvalue weighted by Gasteiger charge is 2.12. The number of rotatable bonds is 4. The molecule has 0 aliphatic carbocycles. The van der Waals surface area contributed by atoms with E-state index in [1.807, 2.05) is 32.0 Å². The molecule has 0 saturated heterocycles. The Bertz CT molecular complexity index is 379. The van der Waals surface area contributed by atoms with Crippen LogP contribution in [-0.4, -0.2) is 17.8 Å². The fourth-order valence-electron chi connectivity index (χ4n) is 1.36. The molecule has 1 rings (SSSR count). The number of anilines is 1. The van der Waals surface area contributed by atoms with Gasteiger partial charge in [0.05, 0.1) is 11.9 Å². The Hall–Kier alpha value is -1.03. The van der Waals surface area contributed by atoms with E-state index >= 15 is 0 Å². The molecule has 1 unspecified atom stereocenters. The van der Waals surface area contributed by atoms with Crippen molar-refractivity contribution in [3.8, 4) is 5.75 Å². The van der Waals surface area contributed by atoms with Gasteiger partial charge in [-0.1, -0.05) is 22.9 Å². The summed E-state index contributed by atoms with van der Waals surface area (Å²) in [6.07, 6.45) is 0.765. The topological polar surface area (TPSA) is 38.3 Å². The molecule has 0 bridgehead atoms. The molecule has 88 valence electrons. The first-order valence-corrected chi connectivity index (χ1v) is 6.09. The lowest BCUT2D eigenvalue weighted by molar-refractivity contribution is -0.115. The Morgan fingerprint density at radius 3 is 2.75 bits per heavy atom. The molecular formula is C12H16BrNO2. The lowest BCUT2D eigenvalue weighted by Crippen LogP contribution is -2.21. The maximum absolute atomic E-state index is 11.6. The van der Waals surface area contributed by atoms with Crippen molar-refractivity contribution < 1.29 is 9.53 Å². The third kappa shape index (κ3) is 3.23. The van der Waals surface area contributed by atoms with Crippen LogP contribution in [0.2, 0.25) is 0 Å². The van der Waals surface area contributed by atoms with Crippen molar-refractivity contribution >= 4 is 27.5 Å². The van der Waals surface area contributed by atoms with E-state index in [0.717, 1.165) is 23.4 Å². The van der Waals surface area contributed by atoms with Crippen molar-refractivity contribution in [2.24, 2.45) is 0 Å². The van der Waals surface area contributed by atoms with Gasteiger partial charge in [-0.15, -0.1) is 0 Å². The van der Waals surface area contributed by atoms with Crippen LogP contribution in [0.25, 0.3) is 0 Å². The molecule has 0 saturated carbocycles. The Morgan fingerprint density at radius 2 is 2.25 bits per heavy atom. The van der Waals surface area contributed by atoms with Gasteiger partial charge in [0, 0.05) is 5.69 Å². The predicted molar refractivity (Wildman–Crippen MR) is 69.4 cm³/mol. The van der Waals surface area contributed by atoms with Crippen molar-refractivity contribution in [3.63, 3.8) is 0 Å². The predicted octanol–water partition coefficient (Wildman–Crippen LogP) is 3.12. The van der Waals surface area contributed by atoms with Crippen LogP contribution in [0.3, 0.4) is 0 Å². The molecule has 0 aliphatic rings. The van der Waals surface area contributed by atoms with Gasteiger partial charge in [0.2, 0.25) is 5.91 Å². The van der Waals surface area contributed by atoms with Gasteiger partial charge in [0.15, 0.2) is 0 Å². The molecule has 4 heteroatoms. The second-order valence-corrected chi connectivity index (χ2v) is 4.65. The number of nitrogens with one attached hydrogen (secondary N) is 1. The average molecular weight is 286 g/mol. The minimum atomic E-state index is -0.144. The van der Waals surface area contributed by atoms with Crippen molar-refractivity contribution in [1.29, 1.82) is 0 Å². The van der Waals surface area contributed by atoms with Crippen molar-refractivity contribution in [2.75, 3.05) is 12.4 Å². The van der Waals surface area contributed by atoms with E-state index in [-0.39, 0.29) is 10.7 Å². The number of ether oxygens (including phenoxy) is 1. The van der Waals surface area contributed by atoms with E-state index in [4.69, 9.17) is 4.74 Å². The first kappa shape index (κ1) is 13.0. The fourth-order valence-corrected chi connectivity index (χ4v) is 1.48. The molecule has 0 aromatic heterocycles. The third-order valence-corrected chi connectivity index (χ3v) is 3.37. The second kappa shape index (κ2) is 5.89. The summed E-state index contributed by atoms with van der Waals surface area (Å²) in [4.78, 5) is 11.5. The molecule has 0 aliphatic heterocycles. The van der Waals surface area contributed by atoms with Crippen LogP contribution < -0.4 is 10.1 Å². The lowest BCUT2D eigenvalue weighted by Gasteiger charge is -2.11. The quantitative estimate of drug-likeness (QED) is 0.864. The zero-order valence-corrected chi connectivity index (χ0v) is 11.3. The van der Waals surface area contributed by atoms with Crippen LogP contribution >= 0.6 is 15.9 Å². The zero-order chi connectivity index (χ0) is 12.1. The number of carbonyl (C=O) groups excluding carboxylic acids is 1. The van der Waals surface area contributed by atoms with Gasteiger partial charge in [-0.2, -0.15) is 0 Å². The van der Waals surface area contributed by atoms with E-state index in [9.17, 15) is 4.79 Å². The summed E-state index contributed by atoms with van der Waals surface area (Å²) in [6.45, 7) is 3.90. The Kier molecular flexibility index (Phi) is 4.80. The third-order valence-electron chi connectivity index (χ3n) is 2.31. The number of halogens is 1. The monoisotopic (exact) mass is 285 g/mol. The van der Waals surface area contributed by atoms with Crippen molar-refractivity contribution in [1.82, 2.24) is 0 Å². The molecule has 1 aromatic rings. The molecule has 0 heterocycles. The smallest absolute Gasteiger partial charge is 0.238 e. The number of alkyl halides is 1. The van der Waals surface area contributed by atoms with Crippen LogP contribution in [0.5, 0.6) is 5.75 Å². The summed E-state index contributed by atoms with van der Waals surface area (Å²) >= 11 is 3.31. The van der Waals surface area contributed by atoms with Gasteiger partial charge in [0.25, 0.3) is 0 Å². The highest BCUT2D eigenvalue weighted by atomic mass is 79.9. The molecule has 1 N–H and O–H groups in total. The number of benzene rings is 1. The largest absolute Gasteiger partial charge is 0.496 e. The summed E-state index contributed by atoms with van der Waals surface area (Å²) in [5, 5.41) is 2.84. The minimum absolute atomic E-state index is 0.0212. The standard InChI is InChI=1S/C12H16BrNO2/c1-4-10(13)12(15)14-9-5-6-11(16-3)8(2)7-9/h5-7,10H,4H2,1-3H3,(H,14,15). The maximum atomic E-state index is 11.6. The fraction of sp³-hybridized carbons (Fsp3) is 0.417. The van der Waals surface area contributed by atoms with E-state index in [1.54, 1.807) is 7.11 Å². The molecule has 1 aromatic carbocycles. The van der Waals surface area contributed by atoms with Gasteiger partial charge >= 0.3 is 0 Å². The molecule has 0 spiro atoms. The molecule has 16 heavy (non-hydrogen) atoms. The Morgan fingerprint density at radius 1 is 1.56 bits per heavy atom. The first-order valence-electron chi connectivity index (χ1n) is 5.18. The van der Waals surface area contributed by atoms with Crippen LogP contribution in [0, 0.1) is 6.92 Å². The average Bonchev–Trinajstić information content (AvgIpc) is 2.28. The molecule has 1 atom stereocenters. The zero-order valence-electron chi connectivity index (χ0n) is 9.71. The summed E-state index contributed by atoms with van der Waals surface area (Å²) < 4.78 is 5.15. The molecule has 0 fully saturated rings. The summed E-state index contributed by atoms with van der Waals surface area (Å²) in [5.41, 5.74) is 1.80. The molecule has 3 nitrogen and oxygen atoms in total. The molecular weight excluding hydrogens is 270 g/mol. The minimum Gasteiger partial charge on any atom is -0.496 e. The van der Waals surface area contributed by atoms with E-state index < -0.39 is 0 Å². The maximum Gasteiger partial charge on any atom is 0.238 e. The number of hydrogen-bond acceptors (Lipinski definition) is 2. The van der Waals surface area contributed by atoms with E-state index in [1.165, 1.54) is 0 Å². The molecule has 0 radical (unpaired) electrons. The van der Waals surface area contributed by atoms with Crippen LogP contribution in [0.4, 0.5) is 5.69 Å². The normalized spacial score (nSPS) is 12.0. The molecule has 1 amide bonds. The van der Waals surface area contributed by atoms with Gasteiger partial charge in [-0.05, 0) is 37.1 Å². The highest BCUT2D eigenvalue weighted by molar-refractivity contribution is 9.10. The number of carbonyl (C=O) groups is 1. The van der Waals surface area contributed by atoms with Crippen molar-refractivity contribution in [2.45, 2.75) is 25.1 Å². The Balaban J connectivity index is 2.75.